The van der Waals surface area contributed by atoms with Gasteiger partial charge in [-0.25, -0.2) is 4.98 Å². The van der Waals surface area contributed by atoms with Crippen molar-refractivity contribution in [2.45, 2.75) is 44.8 Å². The highest BCUT2D eigenvalue weighted by molar-refractivity contribution is 5.92. The summed E-state index contributed by atoms with van der Waals surface area (Å²) in [4.78, 5) is 16.5. The van der Waals surface area contributed by atoms with Crippen LogP contribution in [0.3, 0.4) is 0 Å². The van der Waals surface area contributed by atoms with Crippen LogP contribution in [0.5, 0.6) is 0 Å². The number of hydrogen-bond acceptors (Lipinski definition) is 4. The van der Waals surface area contributed by atoms with Crippen molar-refractivity contribution < 1.29 is 9.53 Å². The van der Waals surface area contributed by atoms with Crippen LogP contribution in [0.1, 0.15) is 43.1 Å². The van der Waals surface area contributed by atoms with Crippen molar-refractivity contribution in [3.8, 4) is 0 Å². The molecular weight excluding hydrogens is 254 g/mol. The summed E-state index contributed by atoms with van der Waals surface area (Å²) in [6.45, 7) is 2.95. The van der Waals surface area contributed by atoms with Crippen LogP contribution in [-0.4, -0.2) is 36.7 Å². The molecule has 20 heavy (non-hydrogen) atoms. The average Bonchev–Trinajstić information content (AvgIpc) is 2.93. The van der Waals surface area contributed by atoms with Crippen LogP contribution < -0.4 is 10.6 Å². The molecule has 5 heteroatoms. The maximum Gasteiger partial charge on any atom is 0.270 e. The van der Waals surface area contributed by atoms with Gasteiger partial charge in [0, 0.05) is 19.7 Å². The van der Waals surface area contributed by atoms with Crippen LogP contribution in [-0.2, 0) is 4.74 Å². The molecule has 0 saturated heterocycles. The van der Waals surface area contributed by atoms with Gasteiger partial charge in [0.05, 0.1) is 6.10 Å². The van der Waals surface area contributed by atoms with Crippen LogP contribution in [0.25, 0.3) is 0 Å². The Morgan fingerprint density at radius 2 is 2.30 bits per heavy atom. The van der Waals surface area contributed by atoms with E-state index in [2.05, 4.69) is 22.5 Å². The molecule has 2 unspecified atom stereocenters. The van der Waals surface area contributed by atoms with Gasteiger partial charge < -0.3 is 15.4 Å². The third kappa shape index (κ3) is 3.93. The zero-order valence-electron chi connectivity index (χ0n) is 12.2. The van der Waals surface area contributed by atoms with E-state index in [0.29, 0.717) is 5.69 Å². The molecule has 5 nitrogen and oxygen atoms in total. The molecule has 2 N–H and O–H groups in total. The smallest absolute Gasteiger partial charge is 0.270 e. The molecule has 0 aromatic carbocycles. The van der Waals surface area contributed by atoms with Gasteiger partial charge in [0.2, 0.25) is 0 Å². The van der Waals surface area contributed by atoms with E-state index >= 15 is 0 Å². The van der Waals surface area contributed by atoms with Gasteiger partial charge in [-0.15, -0.1) is 0 Å². The molecule has 1 aliphatic carbocycles. The summed E-state index contributed by atoms with van der Waals surface area (Å²) in [5, 5.41) is 6.22. The van der Waals surface area contributed by atoms with Crippen LogP contribution >= 0.6 is 0 Å². The maximum absolute atomic E-state index is 12.2. The lowest BCUT2D eigenvalue weighted by Crippen LogP contribution is -2.34. The molecule has 1 aromatic rings. The summed E-state index contributed by atoms with van der Waals surface area (Å²) in [5.74, 6) is 0.646. The standard InChI is InChI=1S/C15H23N3O2/c1-3-9-16-14-6-4-5-13(18-14)15(19)17-11-7-8-12(10-11)20-2/h4-6,11-12H,3,7-10H2,1-2H3,(H,16,18)(H,17,19). The molecule has 1 amide bonds. The van der Waals surface area contributed by atoms with E-state index in [-0.39, 0.29) is 18.1 Å². The summed E-state index contributed by atoms with van der Waals surface area (Å²) in [5.41, 5.74) is 0.465. The second kappa shape index (κ2) is 7.24. The lowest BCUT2D eigenvalue weighted by atomic mass is 10.2. The van der Waals surface area contributed by atoms with Crippen molar-refractivity contribution in [3.63, 3.8) is 0 Å². The second-order valence-corrected chi connectivity index (χ2v) is 5.18. The number of nitrogens with zero attached hydrogens (tertiary/aromatic N) is 1. The molecule has 0 radical (unpaired) electrons. The Morgan fingerprint density at radius 1 is 1.45 bits per heavy atom. The number of amides is 1. The molecule has 0 aliphatic heterocycles. The third-order valence-corrected chi connectivity index (χ3v) is 3.59. The van der Waals surface area contributed by atoms with E-state index in [1.807, 2.05) is 12.1 Å². The third-order valence-electron chi connectivity index (χ3n) is 3.59. The average molecular weight is 277 g/mol. The molecule has 1 saturated carbocycles. The minimum atomic E-state index is -0.105. The van der Waals surface area contributed by atoms with E-state index < -0.39 is 0 Å². The Labute approximate surface area is 120 Å². The van der Waals surface area contributed by atoms with Gasteiger partial charge in [0.1, 0.15) is 11.5 Å². The topological polar surface area (TPSA) is 63.2 Å². The van der Waals surface area contributed by atoms with Crippen LogP contribution in [0, 0.1) is 0 Å². The molecule has 1 heterocycles. The number of carbonyl (C=O) groups excluding carboxylic acids is 1. The highest BCUT2D eigenvalue weighted by atomic mass is 16.5. The summed E-state index contributed by atoms with van der Waals surface area (Å²) in [7, 11) is 1.72. The normalized spacial score (nSPS) is 21.7. The highest BCUT2D eigenvalue weighted by Gasteiger charge is 2.26. The monoisotopic (exact) mass is 277 g/mol. The molecule has 1 aliphatic rings. The number of methoxy groups -OCH3 is 1. The van der Waals surface area contributed by atoms with Gasteiger partial charge in [0.25, 0.3) is 5.91 Å². The number of pyridine rings is 1. The van der Waals surface area contributed by atoms with Crippen LogP contribution in [0.2, 0.25) is 0 Å². The Bertz CT molecular complexity index is 450. The van der Waals surface area contributed by atoms with E-state index in [1.54, 1.807) is 13.2 Å². The molecule has 0 spiro atoms. The van der Waals surface area contributed by atoms with Gasteiger partial charge in [0.15, 0.2) is 0 Å². The minimum absolute atomic E-state index is 0.105. The Kier molecular flexibility index (Phi) is 5.35. The van der Waals surface area contributed by atoms with E-state index in [0.717, 1.165) is 38.0 Å². The molecule has 2 atom stereocenters. The van der Waals surface area contributed by atoms with Crippen molar-refractivity contribution >= 4 is 11.7 Å². The predicted molar refractivity (Wildman–Crippen MR) is 78.9 cm³/mol. The first-order chi connectivity index (χ1) is 9.72. The van der Waals surface area contributed by atoms with Crippen LogP contribution in [0.15, 0.2) is 18.2 Å². The number of ether oxygens (including phenoxy) is 1. The number of rotatable bonds is 6. The molecule has 2 rings (SSSR count). The number of aromatic nitrogens is 1. The maximum atomic E-state index is 12.2. The van der Waals surface area contributed by atoms with Crippen molar-refractivity contribution in [2.24, 2.45) is 0 Å². The lowest BCUT2D eigenvalue weighted by molar-refractivity contribution is 0.0910. The fraction of sp³-hybridized carbons (Fsp3) is 0.600. The lowest BCUT2D eigenvalue weighted by Gasteiger charge is -2.13. The van der Waals surface area contributed by atoms with Crippen molar-refractivity contribution in [1.82, 2.24) is 10.3 Å². The fourth-order valence-corrected chi connectivity index (χ4v) is 2.46. The summed E-state index contributed by atoms with van der Waals surface area (Å²) in [6.07, 6.45) is 4.16. The first-order valence-electron chi connectivity index (χ1n) is 7.27. The summed E-state index contributed by atoms with van der Waals surface area (Å²) in [6, 6.07) is 5.67. The molecule has 1 aromatic heterocycles. The summed E-state index contributed by atoms with van der Waals surface area (Å²) < 4.78 is 5.32. The first kappa shape index (κ1) is 14.8. The number of hydrogen-bond donors (Lipinski definition) is 2. The van der Waals surface area contributed by atoms with E-state index in [9.17, 15) is 4.79 Å². The summed E-state index contributed by atoms with van der Waals surface area (Å²) >= 11 is 0. The molecule has 0 bridgehead atoms. The quantitative estimate of drug-likeness (QED) is 0.836. The highest BCUT2D eigenvalue weighted by Crippen LogP contribution is 2.21. The zero-order valence-corrected chi connectivity index (χ0v) is 12.2. The van der Waals surface area contributed by atoms with Gasteiger partial charge in [-0.05, 0) is 37.8 Å². The SMILES string of the molecule is CCCNc1cccc(C(=O)NC2CCC(OC)C2)n1. The fourth-order valence-electron chi connectivity index (χ4n) is 2.46. The minimum Gasteiger partial charge on any atom is -0.381 e. The van der Waals surface area contributed by atoms with Crippen LogP contribution in [0.4, 0.5) is 5.82 Å². The largest absolute Gasteiger partial charge is 0.381 e. The number of nitrogens with one attached hydrogen (secondary N) is 2. The first-order valence-corrected chi connectivity index (χ1v) is 7.27. The van der Waals surface area contributed by atoms with Gasteiger partial charge in [-0.1, -0.05) is 13.0 Å². The predicted octanol–water partition coefficient (Wildman–Crippen LogP) is 2.20. The Hall–Kier alpha value is -1.62. The number of carbonyl (C=O) groups is 1. The second-order valence-electron chi connectivity index (χ2n) is 5.18. The molecular formula is C15H23N3O2. The van der Waals surface area contributed by atoms with Gasteiger partial charge >= 0.3 is 0 Å². The van der Waals surface area contributed by atoms with Gasteiger partial charge in [-0.2, -0.15) is 0 Å². The van der Waals surface area contributed by atoms with E-state index in [4.69, 9.17) is 4.74 Å². The van der Waals surface area contributed by atoms with Crippen molar-refractivity contribution in [3.05, 3.63) is 23.9 Å². The zero-order chi connectivity index (χ0) is 14.4. The van der Waals surface area contributed by atoms with Crippen molar-refractivity contribution in [2.75, 3.05) is 19.0 Å². The number of anilines is 1. The Balaban J connectivity index is 1.92. The Morgan fingerprint density at radius 3 is 3.00 bits per heavy atom. The molecule has 110 valence electrons. The van der Waals surface area contributed by atoms with Crippen molar-refractivity contribution in [1.29, 1.82) is 0 Å². The van der Waals surface area contributed by atoms with Gasteiger partial charge in [-0.3, -0.25) is 4.79 Å². The van der Waals surface area contributed by atoms with E-state index in [1.165, 1.54) is 0 Å². The molecule has 1 fully saturated rings.